The Hall–Kier alpha value is -1.36. The molecule has 1 aliphatic rings. The topological polar surface area (TPSA) is 53.4 Å². The number of rotatable bonds is 5. The van der Waals surface area contributed by atoms with E-state index in [0.717, 1.165) is 42.6 Å². The molecule has 0 aromatic carbocycles. The lowest BCUT2D eigenvalue weighted by molar-refractivity contribution is -0.163. The number of esters is 1. The average molecular weight is 308 g/mol. The second-order valence-corrected chi connectivity index (χ2v) is 6.41. The zero-order valence-corrected chi connectivity index (χ0v) is 14.4. The minimum Gasteiger partial charge on any atom is -0.459 e. The normalized spacial score (nSPS) is 23.3. The maximum atomic E-state index is 12.4. The Balaban J connectivity index is 1.97. The standard InChI is InChI=1S/C17H28N2O3/c1-11(10-14-12(2)18-19(4)13(14)3)17(20)22-16-9-7-6-8-15(16)21-5/h11,15-16H,6-10H2,1-5H3/t11-,15-,16+/m1/s1. The van der Waals surface area contributed by atoms with Crippen LogP contribution in [-0.4, -0.2) is 35.1 Å². The number of carbonyl (C=O) groups excluding carboxylic acids is 1. The molecule has 0 N–H and O–H groups in total. The largest absolute Gasteiger partial charge is 0.459 e. The van der Waals surface area contributed by atoms with Gasteiger partial charge in [-0.2, -0.15) is 5.10 Å². The van der Waals surface area contributed by atoms with E-state index in [1.165, 1.54) is 0 Å². The van der Waals surface area contributed by atoms with Crippen molar-refractivity contribution < 1.29 is 14.3 Å². The van der Waals surface area contributed by atoms with Gasteiger partial charge in [0.25, 0.3) is 0 Å². The molecule has 2 rings (SSSR count). The first-order valence-corrected chi connectivity index (χ1v) is 8.16. The number of hydrogen-bond acceptors (Lipinski definition) is 4. The van der Waals surface area contributed by atoms with Gasteiger partial charge >= 0.3 is 5.97 Å². The Labute approximate surface area is 133 Å². The van der Waals surface area contributed by atoms with Crippen LogP contribution >= 0.6 is 0 Å². The van der Waals surface area contributed by atoms with Crippen LogP contribution < -0.4 is 0 Å². The molecular formula is C17H28N2O3. The Bertz CT molecular complexity index is 524. The third-order valence-electron chi connectivity index (χ3n) is 4.78. The van der Waals surface area contributed by atoms with Crippen LogP contribution in [0.2, 0.25) is 0 Å². The third-order valence-corrected chi connectivity index (χ3v) is 4.78. The van der Waals surface area contributed by atoms with Gasteiger partial charge in [-0.3, -0.25) is 9.48 Å². The van der Waals surface area contributed by atoms with Crippen molar-refractivity contribution in [2.45, 2.75) is 65.1 Å². The van der Waals surface area contributed by atoms with Crippen molar-refractivity contribution in [2.24, 2.45) is 13.0 Å². The van der Waals surface area contributed by atoms with E-state index in [2.05, 4.69) is 5.10 Å². The number of hydrogen-bond donors (Lipinski definition) is 0. The van der Waals surface area contributed by atoms with Gasteiger partial charge in [0.05, 0.1) is 17.7 Å². The highest BCUT2D eigenvalue weighted by molar-refractivity contribution is 5.72. The van der Waals surface area contributed by atoms with E-state index < -0.39 is 0 Å². The molecule has 0 spiro atoms. The summed E-state index contributed by atoms with van der Waals surface area (Å²) in [6.07, 6.45) is 4.76. The molecule has 0 radical (unpaired) electrons. The van der Waals surface area contributed by atoms with Gasteiger partial charge in [0.15, 0.2) is 0 Å². The first-order valence-electron chi connectivity index (χ1n) is 8.16. The Morgan fingerprint density at radius 1 is 1.32 bits per heavy atom. The first kappa shape index (κ1) is 17.0. The third kappa shape index (κ3) is 3.69. The fraction of sp³-hybridized carbons (Fsp3) is 0.765. The monoisotopic (exact) mass is 308 g/mol. The van der Waals surface area contributed by atoms with E-state index in [-0.39, 0.29) is 24.1 Å². The maximum Gasteiger partial charge on any atom is 0.309 e. The fourth-order valence-electron chi connectivity index (χ4n) is 3.24. The van der Waals surface area contributed by atoms with Crippen LogP contribution in [0.4, 0.5) is 0 Å². The molecule has 0 bridgehead atoms. The molecule has 1 heterocycles. The molecule has 1 aliphatic carbocycles. The zero-order valence-electron chi connectivity index (χ0n) is 14.4. The molecule has 22 heavy (non-hydrogen) atoms. The van der Waals surface area contributed by atoms with E-state index in [4.69, 9.17) is 9.47 Å². The van der Waals surface area contributed by atoms with Gasteiger partial charge in [0.1, 0.15) is 6.10 Å². The fourth-order valence-corrected chi connectivity index (χ4v) is 3.24. The van der Waals surface area contributed by atoms with Crippen molar-refractivity contribution in [3.8, 4) is 0 Å². The Morgan fingerprint density at radius 3 is 2.50 bits per heavy atom. The molecular weight excluding hydrogens is 280 g/mol. The lowest BCUT2D eigenvalue weighted by Crippen LogP contribution is -2.37. The van der Waals surface area contributed by atoms with Crippen LogP contribution in [0.1, 0.15) is 49.6 Å². The molecule has 124 valence electrons. The Morgan fingerprint density at radius 2 is 1.95 bits per heavy atom. The highest BCUT2D eigenvalue weighted by Crippen LogP contribution is 2.25. The van der Waals surface area contributed by atoms with Gasteiger partial charge in [-0.05, 0) is 45.1 Å². The van der Waals surface area contributed by atoms with Crippen molar-refractivity contribution >= 4 is 5.97 Å². The predicted octanol–water partition coefficient (Wildman–Crippen LogP) is 2.72. The van der Waals surface area contributed by atoms with Crippen molar-refractivity contribution in [3.63, 3.8) is 0 Å². The molecule has 5 heteroatoms. The van der Waals surface area contributed by atoms with Gasteiger partial charge in [0, 0.05) is 19.9 Å². The smallest absolute Gasteiger partial charge is 0.309 e. The summed E-state index contributed by atoms with van der Waals surface area (Å²) in [5.74, 6) is -0.294. The molecule has 1 fully saturated rings. The molecule has 0 saturated heterocycles. The van der Waals surface area contributed by atoms with Crippen LogP contribution in [-0.2, 0) is 27.7 Å². The summed E-state index contributed by atoms with van der Waals surface area (Å²) in [4.78, 5) is 12.4. The lowest BCUT2D eigenvalue weighted by atomic mass is 9.94. The molecule has 1 aromatic rings. The van der Waals surface area contributed by atoms with Gasteiger partial charge in [0.2, 0.25) is 0 Å². The quantitative estimate of drug-likeness (QED) is 0.785. The predicted molar refractivity (Wildman–Crippen MR) is 84.7 cm³/mol. The van der Waals surface area contributed by atoms with Gasteiger partial charge in [-0.15, -0.1) is 0 Å². The summed E-state index contributed by atoms with van der Waals surface area (Å²) < 4.78 is 13.0. The van der Waals surface area contributed by atoms with Crippen molar-refractivity contribution in [2.75, 3.05) is 7.11 Å². The maximum absolute atomic E-state index is 12.4. The second-order valence-electron chi connectivity index (χ2n) is 6.41. The van der Waals surface area contributed by atoms with E-state index in [9.17, 15) is 4.79 Å². The number of aryl methyl sites for hydroxylation is 2. The number of ether oxygens (including phenoxy) is 2. The molecule has 5 nitrogen and oxygen atoms in total. The summed E-state index contributed by atoms with van der Waals surface area (Å²) in [6, 6.07) is 0. The first-order chi connectivity index (χ1) is 10.4. The highest BCUT2D eigenvalue weighted by Gasteiger charge is 2.30. The van der Waals surface area contributed by atoms with E-state index >= 15 is 0 Å². The molecule has 1 saturated carbocycles. The summed E-state index contributed by atoms with van der Waals surface area (Å²) in [5, 5.41) is 4.41. The molecule has 1 aromatic heterocycles. The van der Waals surface area contributed by atoms with Crippen molar-refractivity contribution in [3.05, 3.63) is 17.0 Å². The lowest BCUT2D eigenvalue weighted by Gasteiger charge is -2.30. The molecule has 0 unspecified atom stereocenters. The minimum absolute atomic E-state index is 0.0479. The van der Waals surface area contributed by atoms with E-state index in [0.29, 0.717) is 6.42 Å². The molecule has 0 aliphatic heterocycles. The summed E-state index contributed by atoms with van der Waals surface area (Å²) >= 11 is 0. The van der Waals surface area contributed by atoms with Crippen LogP contribution in [0.25, 0.3) is 0 Å². The van der Waals surface area contributed by atoms with Crippen molar-refractivity contribution in [1.29, 1.82) is 0 Å². The molecule has 0 amide bonds. The Kier molecular flexibility index (Phi) is 5.62. The van der Waals surface area contributed by atoms with Gasteiger partial charge in [-0.25, -0.2) is 0 Å². The second kappa shape index (κ2) is 7.27. The van der Waals surface area contributed by atoms with Crippen LogP contribution in [0, 0.1) is 19.8 Å². The number of aromatic nitrogens is 2. The number of nitrogens with zero attached hydrogens (tertiary/aromatic N) is 2. The van der Waals surface area contributed by atoms with E-state index in [1.54, 1.807) is 7.11 Å². The number of carbonyl (C=O) groups is 1. The molecule has 3 atom stereocenters. The summed E-state index contributed by atoms with van der Waals surface area (Å²) in [5.41, 5.74) is 3.26. The van der Waals surface area contributed by atoms with Gasteiger partial charge < -0.3 is 9.47 Å². The van der Waals surface area contributed by atoms with Crippen LogP contribution in [0.15, 0.2) is 0 Å². The number of methoxy groups -OCH3 is 1. The highest BCUT2D eigenvalue weighted by atomic mass is 16.6. The van der Waals surface area contributed by atoms with Crippen LogP contribution in [0.3, 0.4) is 0 Å². The zero-order chi connectivity index (χ0) is 16.3. The van der Waals surface area contributed by atoms with Crippen molar-refractivity contribution in [1.82, 2.24) is 9.78 Å². The summed E-state index contributed by atoms with van der Waals surface area (Å²) in [7, 11) is 3.63. The average Bonchev–Trinajstić information content (AvgIpc) is 2.74. The minimum atomic E-state index is -0.166. The SMILES string of the molecule is CO[C@@H]1CCCC[C@@H]1OC(=O)[C@H](C)Cc1c(C)nn(C)c1C. The van der Waals surface area contributed by atoms with E-state index in [1.807, 2.05) is 32.5 Å². The van der Waals surface area contributed by atoms with Gasteiger partial charge in [-0.1, -0.05) is 13.3 Å². The van der Waals surface area contributed by atoms with Crippen LogP contribution in [0.5, 0.6) is 0 Å². The summed E-state index contributed by atoms with van der Waals surface area (Å²) in [6.45, 7) is 5.96.